The monoisotopic (exact) mass is 238 g/mol. The maximum Gasteiger partial charge on any atom is 0.331 e. The smallest absolute Gasteiger partial charge is 0.331 e. The number of rotatable bonds is 5. The van der Waals surface area contributed by atoms with Crippen LogP contribution in [0.25, 0.3) is 0 Å². The van der Waals surface area contributed by atoms with E-state index in [1.165, 1.54) is 6.08 Å². The van der Waals surface area contributed by atoms with E-state index in [0.29, 0.717) is 6.42 Å². The lowest BCUT2D eigenvalue weighted by atomic mass is 9.67. The number of aliphatic carboxylic acids is 2. The summed E-state index contributed by atoms with van der Waals surface area (Å²) in [5, 5.41) is 18.5. The first-order valence-electron chi connectivity index (χ1n) is 5.81. The van der Waals surface area contributed by atoms with E-state index >= 15 is 0 Å². The Kier molecular flexibility index (Phi) is 4.10. The Morgan fingerprint density at radius 2 is 2.06 bits per heavy atom. The van der Waals surface area contributed by atoms with Gasteiger partial charge in [0.15, 0.2) is 0 Å². The van der Waals surface area contributed by atoms with Gasteiger partial charge in [-0.1, -0.05) is 44.9 Å². The fraction of sp³-hybridized carbons (Fsp3) is 0.538. The fourth-order valence-corrected chi connectivity index (χ4v) is 2.28. The van der Waals surface area contributed by atoms with Gasteiger partial charge in [0.05, 0.1) is 5.41 Å². The zero-order valence-corrected chi connectivity index (χ0v) is 10.1. The summed E-state index contributed by atoms with van der Waals surface area (Å²) in [7, 11) is 0. The summed E-state index contributed by atoms with van der Waals surface area (Å²) in [6.07, 6.45) is 6.80. The Labute approximate surface area is 101 Å². The average Bonchev–Trinajstić information content (AvgIpc) is 2.27. The molecule has 0 radical (unpaired) electrons. The van der Waals surface area contributed by atoms with Crippen LogP contribution < -0.4 is 0 Å². The Morgan fingerprint density at radius 1 is 1.41 bits per heavy atom. The van der Waals surface area contributed by atoms with Crippen LogP contribution in [0.1, 0.15) is 33.1 Å². The van der Waals surface area contributed by atoms with Gasteiger partial charge < -0.3 is 10.2 Å². The second-order valence-electron chi connectivity index (χ2n) is 4.46. The van der Waals surface area contributed by atoms with Crippen molar-refractivity contribution in [2.24, 2.45) is 11.3 Å². The summed E-state index contributed by atoms with van der Waals surface area (Å²) >= 11 is 0. The van der Waals surface area contributed by atoms with Gasteiger partial charge in [0, 0.05) is 11.5 Å². The molecule has 4 nitrogen and oxygen atoms in total. The molecule has 0 heterocycles. The minimum atomic E-state index is -1.07. The lowest BCUT2D eigenvalue weighted by Gasteiger charge is -2.34. The second kappa shape index (κ2) is 5.17. The number of carboxylic acids is 2. The molecule has 0 saturated carbocycles. The zero-order valence-electron chi connectivity index (χ0n) is 10.1. The third-order valence-electron chi connectivity index (χ3n) is 3.50. The van der Waals surface area contributed by atoms with E-state index < -0.39 is 23.3 Å². The van der Waals surface area contributed by atoms with Crippen molar-refractivity contribution >= 4 is 11.9 Å². The zero-order chi connectivity index (χ0) is 13.1. The molecule has 4 heteroatoms. The van der Waals surface area contributed by atoms with Crippen LogP contribution in [0.2, 0.25) is 0 Å². The summed E-state index contributed by atoms with van der Waals surface area (Å²) in [5.41, 5.74) is -0.899. The molecule has 1 aliphatic carbocycles. The number of hydrogen-bond donors (Lipinski definition) is 2. The van der Waals surface area contributed by atoms with Crippen LogP contribution in [0, 0.1) is 11.3 Å². The van der Waals surface area contributed by atoms with Gasteiger partial charge in [0.25, 0.3) is 0 Å². The molecule has 0 spiro atoms. The molecule has 17 heavy (non-hydrogen) atoms. The molecule has 94 valence electrons. The molecule has 0 fully saturated rings. The number of allylic oxidation sites excluding steroid dienone is 2. The Morgan fingerprint density at radius 3 is 2.53 bits per heavy atom. The minimum absolute atomic E-state index is 0.172. The van der Waals surface area contributed by atoms with Crippen molar-refractivity contribution in [2.75, 3.05) is 0 Å². The molecule has 0 aromatic carbocycles. The molecule has 0 bridgehead atoms. The first-order chi connectivity index (χ1) is 7.95. The van der Waals surface area contributed by atoms with E-state index in [1.54, 1.807) is 19.1 Å². The van der Waals surface area contributed by atoms with Gasteiger partial charge in [-0.25, -0.2) is 4.79 Å². The SMILES string of the molecule is CCCCC1(C(=O)O)C=CC=C(C(=O)O)C1C. The van der Waals surface area contributed by atoms with Crippen molar-refractivity contribution in [1.82, 2.24) is 0 Å². The number of carboxylic acid groups (broad SMARTS) is 2. The highest BCUT2D eigenvalue weighted by Gasteiger charge is 2.45. The molecule has 0 saturated heterocycles. The number of hydrogen-bond acceptors (Lipinski definition) is 2. The van der Waals surface area contributed by atoms with Crippen LogP contribution in [-0.2, 0) is 9.59 Å². The average molecular weight is 238 g/mol. The van der Waals surface area contributed by atoms with Gasteiger partial charge >= 0.3 is 11.9 Å². The first-order valence-corrected chi connectivity index (χ1v) is 5.81. The molecule has 0 aliphatic heterocycles. The van der Waals surface area contributed by atoms with E-state index in [-0.39, 0.29) is 5.57 Å². The standard InChI is InChI=1S/C13H18O4/c1-3-4-7-13(12(16)17)8-5-6-10(9(13)2)11(14)15/h5-6,8-9H,3-4,7H2,1-2H3,(H,14,15)(H,16,17). The van der Waals surface area contributed by atoms with E-state index in [0.717, 1.165) is 12.8 Å². The van der Waals surface area contributed by atoms with Crippen molar-refractivity contribution in [1.29, 1.82) is 0 Å². The quantitative estimate of drug-likeness (QED) is 0.771. The van der Waals surface area contributed by atoms with Gasteiger partial charge in [-0.2, -0.15) is 0 Å². The third-order valence-corrected chi connectivity index (χ3v) is 3.50. The van der Waals surface area contributed by atoms with Gasteiger partial charge in [0.2, 0.25) is 0 Å². The van der Waals surface area contributed by atoms with Crippen LogP contribution in [0.15, 0.2) is 23.8 Å². The maximum atomic E-state index is 11.5. The van der Waals surface area contributed by atoms with Crippen LogP contribution in [0.3, 0.4) is 0 Å². The molecule has 1 aliphatic rings. The van der Waals surface area contributed by atoms with Crippen LogP contribution in [-0.4, -0.2) is 22.2 Å². The van der Waals surface area contributed by atoms with Gasteiger partial charge in [-0.15, -0.1) is 0 Å². The summed E-state index contributed by atoms with van der Waals surface area (Å²) in [6, 6.07) is 0. The molecule has 0 aromatic heterocycles. The van der Waals surface area contributed by atoms with Crippen molar-refractivity contribution in [3.05, 3.63) is 23.8 Å². The summed E-state index contributed by atoms with van der Waals surface area (Å²) < 4.78 is 0. The van der Waals surface area contributed by atoms with Crippen LogP contribution in [0.5, 0.6) is 0 Å². The Hall–Kier alpha value is -1.58. The summed E-state index contributed by atoms with van der Waals surface area (Å²) in [5.74, 6) is -2.49. The van der Waals surface area contributed by atoms with Gasteiger partial charge in [-0.3, -0.25) is 4.79 Å². The fourth-order valence-electron chi connectivity index (χ4n) is 2.28. The second-order valence-corrected chi connectivity index (χ2v) is 4.46. The predicted molar refractivity (Wildman–Crippen MR) is 63.6 cm³/mol. The van der Waals surface area contributed by atoms with Crippen LogP contribution >= 0.6 is 0 Å². The van der Waals surface area contributed by atoms with E-state index in [1.807, 2.05) is 6.92 Å². The summed E-state index contributed by atoms with van der Waals surface area (Å²) in [6.45, 7) is 3.66. The molecule has 0 aromatic rings. The molecular weight excluding hydrogens is 220 g/mol. The summed E-state index contributed by atoms with van der Waals surface area (Å²) in [4.78, 5) is 22.5. The first kappa shape index (κ1) is 13.5. The minimum Gasteiger partial charge on any atom is -0.481 e. The molecule has 0 amide bonds. The highest BCUT2D eigenvalue weighted by molar-refractivity contribution is 5.91. The highest BCUT2D eigenvalue weighted by Crippen LogP contribution is 2.42. The van der Waals surface area contributed by atoms with Crippen LogP contribution in [0.4, 0.5) is 0 Å². The highest BCUT2D eigenvalue weighted by atomic mass is 16.4. The number of unbranched alkanes of at least 4 members (excludes halogenated alkanes) is 1. The van der Waals surface area contributed by atoms with E-state index in [2.05, 4.69) is 0 Å². The Balaban J connectivity index is 3.09. The molecular formula is C13H18O4. The van der Waals surface area contributed by atoms with Gasteiger partial charge in [0.1, 0.15) is 0 Å². The van der Waals surface area contributed by atoms with E-state index in [9.17, 15) is 14.7 Å². The van der Waals surface area contributed by atoms with Crippen molar-refractivity contribution in [3.8, 4) is 0 Å². The van der Waals surface area contributed by atoms with Crippen molar-refractivity contribution in [3.63, 3.8) is 0 Å². The van der Waals surface area contributed by atoms with E-state index in [4.69, 9.17) is 5.11 Å². The molecule has 2 N–H and O–H groups in total. The Bertz CT molecular complexity index is 381. The lowest BCUT2D eigenvalue weighted by molar-refractivity contribution is -0.149. The van der Waals surface area contributed by atoms with Gasteiger partial charge in [-0.05, 0) is 6.42 Å². The largest absolute Gasteiger partial charge is 0.481 e. The third kappa shape index (κ3) is 2.40. The molecule has 2 unspecified atom stereocenters. The predicted octanol–water partition coefficient (Wildman–Crippen LogP) is 2.46. The topological polar surface area (TPSA) is 74.6 Å². The lowest BCUT2D eigenvalue weighted by Crippen LogP contribution is -2.39. The number of carbonyl (C=O) groups is 2. The molecule has 2 atom stereocenters. The van der Waals surface area contributed by atoms with Crippen molar-refractivity contribution < 1.29 is 19.8 Å². The molecule has 1 rings (SSSR count). The maximum absolute atomic E-state index is 11.5. The normalized spacial score (nSPS) is 27.6. The van der Waals surface area contributed by atoms with Crippen molar-refractivity contribution in [2.45, 2.75) is 33.1 Å².